The molecule has 2 aliphatic rings. The summed E-state index contributed by atoms with van der Waals surface area (Å²) in [4.78, 5) is 10.1. The summed E-state index contributed by atoms with van der Waals surface area (Å²) in [7, 11) is 0. The summed E-state index contributed by atoms with van der Waals surface area (Å²) in [6.07, 6.45) is 5.66. The van der Waals surface area contributed by atoms with Gasteiger partial charge in [0.2, 0.25) is 0 Å². The van der Waals surface area contributed by atoms with E-state index in [0.717, 1.165) is 26.1 Å². The average molecular weight is 423 g/mol. The molecule has 0 saturated carbocycles. The Morgan fingerprint density at radius 1 is 1.00 bits per heavy atom. The van der Waals surface area contributed by atoms with E-state index in [4.69, 9.17) is 4.98 Å². The molecule has 2 aliphatic heterocycles. The number of imidazole rings is 1. The molecule has 0 bridgehead atoms. The summed E-state index contributed by atoms with van der Waals surface area (Å²) in [5, 5.41) is 0. The van der Waals surface area contributed by atoms with Crippen LogP contribution in [0.4, 0.5) is 5.69 Å². The molecule has 170 valence electrons. The molecule has 3 heterocycles. The van der Waals surface area contributed by atoms with Gasteiger partial charge in [-0.25, -0.2) is 4.98 Å². The highest BCUT2D eigenvalue weighted by molar-refractivity contribution is 5.58. The van der Waals surface area contributed by atoms with Gasteiger partial charge < -0.3 is 9.47 Å². The molecule has 0 saturated heterocycles. The number of aromatic nitrogens is 2. The van der Waals surface area contributed by atoms with Crippen molar-refractivity contribution in [1.82, 2.24) is 14.5 Å². The molecular formula is C27H42N4. The Morgan fingerprint density at radius 3 is 2.48 bits per heavy atom. The van der Waals surface area contributed by atoms with Crippen molar-refractivity contribution >= 4 is 5.69 Å². The van der Waals surface area contributed by atoms with E-state index in [1.165, 1.54) is 47.6 Å². The smallest absolute Gasteiger partial charge is 0.0952 e. The van der Waals surface area contributed by atoms with Gasteiger partial charge in [-0.05, 0) is 69.6 Å². The van der Waals surface area contributed by atoms with E-state index >= 15 is 0 Å². The zero-order valence-electron chi connectivity index (χ0n) is 20.8. The maximum atomic E-state index is 4.90. The highest BCUT2D eigenvalue weighted by Gasteiger charge is 2.30. The molecule has 1 aromatic carbocycles. The second-order valence-electron chi connectivity index (χ2n) is 11.1. The largest absolute Gasteiger partial charge is 0.369 e. The predicted octanol–water partition coefficient (Wildman–Crippen LogP) is 5.74. The standard InChI is InChI=1S/C27H42N4/c1-19(2)29-13-14-30-18-28-26(25(30)17-29)21(5)16-27(6,7)23-11-10-22-9-8-12-31(20(3)4)24(22)15-23/h10-11,15,18-21H,8-9,12-14,16-17H2,1-7H3. The fraction of sp³-hybridized carbons (Fsp3) is 0.667. The van der Waals surface area contributed by atoms with Crippen molar-refractivity contribution in [1.29, 1.82) is 0 Å². The zero-order valence-corrected chi connectivity index (χ0v) is 20.8. The van der Waals surface area contributed by atoms with Gasteiger partial charge in [-0.3, -0.25) is 4.90 Å². The van der Waals surface area contributed by atoms with Crippen molar-refractivity contribution in [3.8, 4) is 0 Å². The minimum atomic E-state index is 0.109. The number of hydrogen-bond donors (Lipinski definition) is 0. The quantitative estimate of drug-likeness (QED) is 0.593. The molecule has 1 atom stereocenters. The summed E-state index contributed by atoms with van der Waals surface area (Å²) in [6.45, 7) is 20.8. The van der Waals surface area contributed by atoms with Gasteiger partial charge in [0.15, 0.2) is 0 Å². The van der Waals surface area contributed by atoms with Crippen molar-refractivity contribution in [3.05, 3.63) is 47.0 Å². The molecule has 2 aromatic rings. The molecule has 0 N–H and O–H groups in total. The van der Waals surface area contributed by atoms with Crippen molar-refractivity contribution < 1.29 is 0 Å². The molecule has 4 nitrogen and oxygen atoms in total. The highest BCUT2D eigenvalue weighted by Crippen LogP contribution is 2.39. The Hall–Kier alpha value is -1.81. The molecule has 0 fully saturated rings. The zero-order chi connectivity index (χ0) is 22.3. The second kappa shape index (κ2) is 8.61. The van der Waals surface area contributed by atoms with Gasteiger partial charge in [-0.2, -0.15) is 0 Å². The van der Waals surface area contributed by atoms with Gasteiger partial charge >= 0.3 is 0 Å². The third kappa shape index (κ3) is 4.41. The predicted molar refractivity (Wildman–Crippen MR) is 131 cm³/mol. The van der Waals surface area contributed by atoms with E-state index in [-0.39, 0.29) is 5.41 Å². The Kier molecular flexibility index (Phi) is 6.22. The molecule has 1 aromatic heterocycles. The van der Waals surface area contributed by atoms with Crippen LogP contribution < -0.4 is 4.90 Å². The number of nitrogens with zero attached hydrogens (tertiary/aromatic N) is 4. The van der Waals surface area contributed by atoms with Gasteiger partial charge in [0.25, 0.3) is 0 Å². The fourth-order valence-corrected chi connectivity index (χ4v) is 5.69. The van der Waals surface area contributed by atoms with E-state index in [1.807, 2.05) is 0 Å². The van der Waals surface area contributed by atoms with Crippen LogP contribution in [-0.2, 0) is 24.9 Å². The van der Waals surface area contributed by atoms with Gasteiger partial charge in [0.05, 0.1) is 17.7 Å². The lowest BCUT2D eigenvalue weighted by atomic mass is 9.75. The molecule has 0 radical (unpaired) electrons. The molecule has 4 rings (SSSR count). The summed E-state index contributed by atoms with van der Waals surface area (Å²) in [5.74, 6) is 0.440. The molecule has 0 spiro atoms. The van der Waals surface area contributed by atoms with Gasteiger partial charge in [-0.1, -0.05) is 32.9 Å². The first-order valence-electron chi connectivity index (χ1n) is 12.4. The molecular weight excluding hydrogens is 380 g/mol. The number of aryl methyl sites for hydroxylation is 1. The molecule has 31 heavy (non-hydrogen) atoms. The normalized spacial score (nSPS) is 18.4. The first-order chi connectivity index (χ1) is 14.7. The Balaban J connectivity index is 1.56. The summed E-state index contributed by atoms with van der Waals surface area (Å²) in [5.41, 5.74) is 7.29. The Morgan fingerprint density at radius 2 is 1.77 bits per heavy atom. The monoisotopic (exact) mass is 422 g/mol. The first-order valence-corrected chi connectivity index (χ1v) is 12.4. The molecule has 4 heteroatoms. The van der Waals surface area contributed by atoms with E-state index in [0.29, 0.717) is 18.0 Å². The fourth-order valence-electron chi connectivity index (χ4n) is 5.69. The van der Waals surface area contributed by atoms with E-state index < -0.39 is 0 Å². The van der Waals surface area contributed by atoms with Crippen LogP contribution in [0.5, 0.6) is 0 Å². The van der Waals surface area contributed by atoms with Crippen LogP contribution in [0, 0.1) is 0 Å². The maximum Gasteiger partial charge on any atom is 0.0952 e. The minimum Gasteiger partial charge on any atom is -0.369 e. The van der Waals surface area contributed by atoms with Gasteiger partial charge in [0, 0.05) is 49.9 Å². The number of benzene rings is 1. The number of rotatable bonds is 6. The van der Waals surface area contributed by atoms with E-state index in [2.05, 4.69) is 87.4 Å². The van der Waals surface area contributed by atoms with Crippen molar-refractivity contribution in [3.63, 3.8) is 0 Å². The van der Waals surface area contributed by atoms with Crippen LogP contribution >= 0.6 is 0 Å². The third-order valence-electron chi connectivity index (χ3n) is 7.62. The van der Waals surface area contributed by atoms with Gasteiger partial charge in [0.1, 0.15) is 0 Å². The summed E-state index contributed by atoms with van der Waals surface area (Å²) in [6, 6.07) is 8.41. The van der Waals surface area contributed by atoms with Crippen LogP contribution in [0.15, 0.2) is 24.5 Å². The van der Waals surface area contributed by atoms with Crippen LogP contribution in [0.1, 0.15) is 89.7 Å². The average Bonchev–Trinajstić information content (AvgIpc) is 3.15. The Bertz CT molecular complexity index is 908. The molecule has 0 aliphatic carbocycles. The lowest BCUT2D eigenvalue weighted by molar-refractivity contribution is 0.175. The van der Waals surface area contributed by atoms with Gasteiger partial charge in [-0.15, -0.1) is 0 Å². The minimum absolute atomic E-state index is 0.109. The lowest BCUT2D eigenvalue weighted by Crippen LogP contribution is -2.38. The third-order valence-corrected chi connectivity index (χ3v) is 7.62. The number of fused-ring (bicyclic) bond motifs is 2. The van der Waals surface area contributed by atoms with Crippen LogP contribution in [0.25, 0.3) is 0 Å². The van der Waals surface area contributed by atoms with Crippen LogP contribution in [-0.4, -0.2) is 39.6 Å². The van der Waals surface area contributed by atoms with E-state index in [9.17, 15) is 0 Å². The molecule has 1 unspecified atom stereocenters. The summed E-state index contributed by atoms with van der Waals surface area (Å²) < 4.78 is 2.39. The van der Waals surface area contributed by atoms with Crippen molar-refractivity contribution in [2.45, 2.75) is 104 Å². The SMILES string of the molecule is CC(CC(C)(C)c1ccc2c(c1)N(C(C)C)CCC2)c1ncn2c1CN(C(C)C)CC2. The van der Waals surface area contributed by atoms with E-state index in [1.54, 1.807) is 0 Å². The molecule has 0 amide bonds. The lowest BCUT2D eigenvalue weighted by Gasteiger charge is -2.37. The number of anilines is 1. The maximum absolute atomic E-state index is 4.90. The van der Waals surface area contributed by atoms with Crippen molar-refractivity contribution in [2.24, 2.45) is 0 Å². The van der Waals surface area contributed by atoms with Crippen molar-refractivity contribution in [2.75, 3.05) is 18.0 Å². The topological polar surface area (TPSA) is 24.3 Å². The first kappa shape index (κ1) is 22.4. The van der Waals surface area contributed by atoms with Crippen LogP contribution in [0.2, 0.25) is 0 Å². The highest BCUT2D eigenvalue weighted by atomic mass is 15.2. The number of hydrogen-bond acceptors (Lipinski definition) is 3. The van der Waals surface area contributed by atoms with Crippen LogP contribution in [0.3, 0.4) is 0 Å². The Labute approximate surface area is 189 Å². The summed E-state index contributed by atoms with van der Waals surface area (Å²) >= 11 is 0. The second-order valence-corrected chi connectivity index (χ2v) is 11.1.